The Kier molecular flexibility index (Phi) is 52.5. The van der Waals surface area contributed by atoms with Gasteiger partial charge in [-0.15, -0.1) is 0 Å². The zero-order chi connectivity index (χ0) is 53.6. The quantitative estimate of drug-likeness (QED) is 0.0261. The molecule has 0 aliphatic carbocycles. The van der Waals surface area contributed by atoms with Gasteiger partial charge in [-0.25, -0.2) is 0 Å². The summed E-state index contributed by atoms with van der Waals surface area (Å²) in [5, 5.41) is 54.7. The zero-order valence-electron chi connectivity index (χ0n) is 48.9. The van der Waals surface area contributed by atoms with E-state index in [2.05, 4.69) is 43.5 Å². The number of rotatable bonds is 57. The first-order valence-electron chi connectivity index (χ1n) is 32.5. The van der Waals surface area contributed by atoms with E-state index < -0.39 is 49.5 Å². The number of hydrogen-bond acceptors (Lipinski definition) is 8. The lowest BCUT2D eigenvalue weighted by atomic mass is 9.99. The number of hydrogen-bond donors (Lipinski definition) is 6. The molecule has 438 valence electrons. The number of aliphatic hydroxyl groups is 5. The van der Waals surface area contributed by atoms with Gasteiger partial charge in [-0.3, -0.25) is 4.79 Å². The third kappa shape index (κ3) is 43.6. The van der Waals surface area contributed by atoms with Gasteiger partial charge in [0.15, 0.2) is 6.29 Å². The Labute approximate surface area is 458 Å². The predicted molar refractivity (Wildman–Crippen MR) is 314 cm³/mol. The van der Waals surface area contributed by atoms with Crippen molar-refractivity contribution in [3.05, 3.63) is 24.3 Å². The molecule has 1 fully saturated rings. The second-order valence-corrected chi connectivity index (χ2v) is 22.9. The molecule has 0 aromatic heterocycles. The summed E-state index contributed by atoms with van der Waals surface area (Å²) in [6.45, 7) is 3.87. The molecule has 9 nitrogen and oxygen atoms in total. The molecule has 1 heterocycles. The number of carbonyl (C=O) groups is 1. The Morgan fingerprint density at radius 3 is 1.16 bits per heavy atom. The Morgan fingerprint density at radius 1 is 0.459 bits per heavy atom. The Morgan fingerprint density at radius 2 is 0.797 bits per heavy atom. The molecule has 1 saturated heterocycles. The molecule has 1 rings (SSSR count). The zero-order valence-corrected chi connectivity index (χ0v) is 48.9. The standard InChI is InChI=1S/C65H125NO8/c1-3-5-7-9-11-13-15-17-19-20-21-22-23-24-25-26-27-28-29-30-31-32-33-34-35-36-37-38-39-40-41-43-45-47-49-51-53-55-61(69)66-58(57-73-65-64(72)63(71)62(70)60(56-67)74-65)59(68)54-52-50-48-46-44-42-18-16-14-12-10-8-6-4-2/h25-26,28-29,58-60,62-65,67-68,70-72H,3-24,27,30-57H2,1-2H3,(H,66,69)/b26-25-,29-28-. The van der Waals surface area contributed by atoms with Gasteiger partial charge in [0.2, 0.25) is 5.91 Å². The van der Waals surface area contributed by atoms with E-state index in [4.69, 9.17) is 9.47 Å². The van der Waals surface area contributed by atoms with E-state index in [-0.39, 0.29) is 12.5 Å². The topological polar surface area (TPSA) is 149 Å². The van der Waals surface area contributed by atoms with Crippen LogP contribution in [0, 0.1) is 0 Å². The van der Waals surface area contributed by atoms with Crippen molar-refractivity contribution in [1.29, 1.82) is 0 Å². The minimum absolute atomic E-state index is 0.134. The summed E-state index contributed by atoms with van der Waals surface area (Å²) in [4.78, 5) is 13.1. The normalized spacial score (nSPS) is 19.0. The van der Waals surface area contributed by atoms with Crippen molar-refractivity contribution >= 4 is 5.91 Å². The number of carbonyl (C=O) groups excluding carboxylic acids is 1. The molecule has 0 saturated carbocycles. The van der Waals surface area contributed by atoms with E-state index in [1.807, 2.05) is 0 Å². The van der Waals surface area contributed by atoms with Gasteiger partial charge < -0.3 is 40.3 Å². The van der Waals surface area contributed by atoms with Crippen LogP contribution in [0.2, 0.25) is 0 Å². The van der Waals surface area contributed by atoms with Gasteiger partial charge in [0.25, 0.3) is 0 Å². The van der Waals surface area contributed by atoms with E-state index in [0.717, 1.165) is 44.9 Å². The molecule has 0 aromatic rings. The first-order chi connectivity index (χ1) is 36.3. The predicted octanol–water partition coefficient (Wildman–Crippen LogP) is 16.9. The van der Waals surface area contributed by atoms with Crippen LogP contribution in [-0.2, 0) is 14.3 Å². The highest BCUT2D eigenvalue weighted by Gasteiger charge is 2.44. The van der Waals surface area contributed by atoms with Crippen molar-refractivity contribution < 1.29 is 39.8 Å². The van der Waals surface area contributed by atoms with Crippen LogP contribution in [0.25, 0.3) is 0 Å². The molecule has 74 heavy (non-hydrogen) atoms. The van der Waals surface area contributed by atoms with E-state index in [9.17, 15) is 30.3 Å². The lowest BCUT2D eigenvalue weighted by Crippen LogP contribution is -2.60. The molecule has 7 atom stereocenters. The van der Waals surface area contributed by atoms with Gasteiger partial charge >= 0.3 is 0 Å². The Balaban J connectivity index is 2.05. The smallest absolute Gasteiger partial charge is 0.220 e. The van der Waals surface area contributed by atoms with Gasteiger partial charge in [-0.05, 0) is 44.9 Å². The van der Waals surface area contributed by atoms with Crippen LogP contribution in [0.3, 0.4) is 0 Å². The average molecular weight is 1050 g/mol. The molecule has 0 aromatic carbocycles. The van der Waals surface area contributed by atoms with Crippen molar-refractivity contribution in [2.24, 2.45) is 0 Å². The highest BCUT2D eigenvalue weighted by molar-refractivity contribution is 5.76. The Bertz CT molecular complexity index is 1210. The molecule has 9 heteroatoms. The third-order valence-electron chi connectivity index (χ3n) is 15.8. The summed E-state index contributed by atoms with van der Waals surface area (Å²) in [7, 11) is 0. The number of allylic oxidation sites excluding steroid dienone is 4. The summed E-state index contributed by atoms with van der Waals surface area (Å²) in [5.74, 6) is -0.139. The van der Waals surface area contributed by atoms with Crippen molar-refractivity contribution in [1.82, 2.24) is 5.32 Å². The van der Waals surface area contributed by atoms with Crippen molar-refractivity contribution in [2.75, 3.05) is 13.2 Å². The van der Waals surface area contributed by atoms with Gasteiger partial charge in [0.05, 0.1) is 25.4 Å². The van der Waals surface area contributed by atoms with E-state index >= 15 is 0 Å². The molecule has 6 N–H and O–H groups in total. The van der Waals surface area contributed by atoms with Crippen LogP contribution in [-0.4, -0.2) is 87.5 Å². The van der Waals surface area contributed by atoms with Crippen molar-refractivity contribution in [2.45, 2.75) is 371 Å². The largest absolute Gasteiger partial charge is 0.394 e. The van der Waals surface area contributed by atoms with Crippen molar-refractivity contribution in [3.8, 4) is 0 Å². The fourth-order valence-electron chi connectivity index (χ4n) is 10.7. The van der Waals surface area contributed by atoms with Crippen LogP contribution >= 0.6 is 0 Å². The van der Waals surface area contributed by atoms with E-state index in [1.54, 1.807) is 0 Å². The Hall–Kier alpha value is -1.33. The molecule has 1 aliphatic heterocycles. The van der Waals surface area contributed by atoms with Crippen LogP contribution in [0.4, 0.5) is 0 Å². The second kappa shape index (κ2) is 55.0. The first kappa shape index (κ1) is 70.7. The molecular weight excluding hydrogens is 923 g/mol. The van der Waals surface area contributed by atoms with Gasteiger partial charge in [-0.2, -0.15) is 0 Å². The minimum Gasteiger partial charge on any atom is -0.394 e. The van der Waals surface area contributed by atoms with E-state index in [0.29, 0.717) is 12.8 Å². The van der Waals surface area contributed by atoms with Crippen LogP contribution in [0.5, 0.6) is 0 Å². The summed E-state index contributed by atoms with van der Waals surface area (Å²) in [5.41, 5.74) is 0. The van der Waals surface area contributed by atoms with Gasteiger partial charge in [0, 0.05) is 6.42 Å². The molecule has 1 amide bonds. The summed E-state index contributed by atoms with van der Waals surface area (Å²) in [6, 6.07) is -0.716. The maximum atomic E-state index is 13.1. The average Bonchev–Trinajstić information content (AvgIpc) is 3.40. The molecule has 7 unspecified atom stereocenters. The molecule has 1 aliphatic rings. The number of unbranched alkanes of at least 4 members (excludes halogenated alkanes) is 43. The van der Waals surface area contributed by atoms with Gasteiger partial charge in [0.1, 0.15) is 24.4 Å². The third-order valence-corrected chi connectivity index (χ3v) is 15.8. The van der Waals surface area contributed by atoms with Crippen LogP contribution < -0.4 is 5.32 Å². The summed E-state index contributed by atoms with van der Waals surface area (Å²) >= 11 is 0. The lowest BCUT2D eigenvalue weighted by molar-refractivity contribution is -0.302. The highest BCUT2D eigenvalue weighted by Crippen LogP contribution is 2.24. The number of ether oxygens (including phenoxy) is 2. The fraction of sp³-hybridized carbons (Fsp3) is 0.923. The molecular formula is C65H125NO8. The monoisotopic (exact) mass is 1050 g/mol. The van der Waals surface area contributed by atoms with E-state index in [1.165, 1.54) is 257 Å². The van der Waals surface area contributed by atoms with Crippen LogP contribution in [0.15, 0.2) is 24.3 Å². The second-order valence-electron chi connectivity index (χ2n) is 22.9. The first-order valence-corrected chi connectivity index (χ1v) is 32.5. The van der Waals surface area contributed by atoms with Gasteiger partial charge in [-0.1, -0.05) is 301 Å². The summed E-state index contributed by atoms with van der Waals surface area (Å²) in [6.07, 6.45) is 63.9. The maximum Gasteiger partial charge on any atom is 0.220 e. The number of amides is 1. The highest BCUT2D eigenvalue weighted by atomic mass is 16.7. The molecule has 0 spiro atoms. The number of nitrogens with one attached hydrogen (secondary N) is 1. The summed E-state index contributed by atoms with van der Waals surface area (Å²) < 4.78 is 11.3. The molecule has 0 bridgehead atoms. The fourth-order valence-corrected chi connectivity index (χ4v) is 10.7. The minimum atomic E-state index is -1.55. The van der Waals surface area contributed by atoms with Crippen molar-refractivity contribution in [3.63, 3.8) is 0 Å². The van der Waals surface area contributed by atoms with Crippen LogP contribution in [0.1, 0.15) is 328 Å². The maximum absolute atomic E-state index is 13.1. The lowest BCUT2D eigenvalue weighted by Gasteiger charge is -2.40. The SMILES string of the molecule is CCCCCCCCCCCCCCC/C=C\C/C=C\CCCCCCCCCCCCCCCCCCCC(=O)NC(COC1OC(CO)C(O)C(O)C1O)C(O)CCCCCCCCCCCCCCCC. The number of aliphatic hydroxyl groups excluding tert-OH is 5. The molecule has 0 radical (unpaired) electrons.